The fraction of sp³-hybridized carbons (Fsp3) is 0.368. The Balaban J connectivity index is 1.65. The molecule has 0 spiro atoms. The molecule has 1 aliphatic rings. The molecule has 1 fully saturated rings. The number of pyridine rings is 1. The summed E-state index contributed by atoms with van der Waals surface area (Å²) in [6, 6.07) is 7.95. The minimum atomic E-state index is 0.419. The molecule has 128 valence electrons. The van der Waals surface area contributed by atoms with Crippen molar-refractivity contribution >= 4 is 5.82 Å². The predicted molar refractivity (Wildman–Crippen MR) is 97.4 cm³/mol. The van der Waals surface area contributed by atoms with E-state index in [1.165, 1.54) is 0 Å². The Morgan fingerprint density at radius 3 is 2.92 bits per heavy atom. The van der Waals surface area contributed by atoms with Crippen LogP contribution in [0.25, 0.3) is 11.5 Å². The van der Waals surface area contributed by atoms with Gasteiger partial charge in [-0.15, -0.1) is 0 Å². The summed E-state index contributed by atoms with van der Waals surface area (Å²) < 4.78 is 0. The summed E-state index contributed by atoms with van der Waals surface area (Å²) in [5.74, 6) is 3.18. The number of H-pyrrole nitrogens is 1. The van der Waals surface area contributed by atoms with E-state index in [9.17, 15) is 0 Å². The number of hydrogen-bond acceptors (Lipinski definition) is 5. The van der Waals surface area contributed by atoms with Gasteiger partial charge < -0.3 is 9.88 Å². The number of aryl methyl sites for hydroxylation is 1. The molecule has 1 N–H and O–H groups in total. The highest BCUT2D eigenvalue weighted by molar-refractivity contribution is 5.54. The quantitative estimate of drug-likeness (QED) is 0.793. The zero-order valence-electron chi connectivity index (χ0n) is 14.4. The van der Waals surface area contributed by atoms with Crippen LogP contribution in [0.15, 0.2) is 42.9 Å². The lowest BCUT2D eigenvalue weighted by atomic mass is 9.97. The summed E-state index contributed by atoms with van der Waals surface area (Å²) in [4.78, 5) is 23.9. The summed E-state index contributed by atoms with van der Waals surface area (Å²) in [6.07, 6.45) is 8.68. The molecule has 4 rings (SSSR count). The minimum absolute atomic E-state index is 0.419. The van der Waals surface area contributed by atoms with Gasteiger partial charge >= 0.3 is 0 Å². The van der Waals surface area contributed by atoms with Gasteiger partial charge in [-0.25, -0.2) is 15.0 Å². The molecule has 6 heteroatoms. The van der Waals surface area contributed by atoms with Crippen LogP contribution in [-0.2, 0) is 6.42 Å². The number of aromatic nitrogens is 5. The van der Waals surface area contributed by atoms with E-state index in [0.29, 0.717) is 11.7 Å². The van der Waals surface area contributed by atoms with Crippen molar-refractivity contribution in [2.45, 2.75) is 32.1 Å². The van der Waals surface area contributed by atoms with Gasteiger partial charge in [-0.2, -0.15) is 0 Å². The molecule has 1 unspecified atom stereocenters. The summed E-state index contributed by atoms with van der Waals surface area (Å²) in [6.45, 7) is 4.06. The van der Waals surface area contributed by atoms with Crippen LogP contribution in [0.5, 0.6) is 0 Å². The average molecular weight is 334 g/mol. The first kappa shape index (κ1) is 15.7. The number of aromatic amines is 1. The predicted octanol–water partition coefficient (Wildman–Crippen LogP) is 3.21. The number of imidazole rings is 1. The highest BCUT2D eigenvalue weighted by atomic mass is 15.2. The summed E-state index contributed by atoms with van der Waals surface area (Å²) in [7, 11) is 0. The van der Waals surface area contributed by atoms with Gasteiger partial charge in [-0.1, -0.05) is 13.0 Å². The van der Waals surface area contributed by atoms with Crippen molar-refractivity contribution in [3.8, 4) is 11.5 Å². The van der Waals surface area contributed by atoms with Crippen molar-refractivity contribution < 1.29 is 0 Å². The van der Waals surface area contributed by atoms with Gasteiger partial charge in [-0.3, -0.25) is 4.98 Å². The molecule has 4 heterocycles. The molecule has 1 aliphatic heterocycles. The number of rotatable bonds is 4. The molecule has 3 aromatic heterocycles. The maximum atomic E-state index is 4.81. The second kappa shape index (κ2) is 7.01. The maximum absolute atomic E-state index is 4.81. The van der Waals surface area contributed by atoms with Gasteiger partial charge in [0, 0.05) is 49.4 Å². The topological polar surface area (TPSA) is 70.6 Å². The van der Waals surface area contributed by atoms with Gasteiger partial charge in [0.05, 0.1) is 0 Å². The third-order valence-corrected chi connectivity index (χ3v) is 4.67. The fourth-order valence-electron chi connectivity index (χ4n) is 3.34. The molecule has 1 saturated heterocycles. The number of hydrogen-bond donors (Lipinski definition) is 1. The van der Waals surface area contributed by atoms with E-state index in [-0.39, 0.29) is 0 Å². The van der Waals surface area contributed by atoms with Crippen molar-refractivity contribution in [1.29, 1.82) is 0 Å². The Morgan fingerprint density at radius 2 is 2.16 bits per heavy atom. The van der Waals surface area contributed by atoms with E-state index in [1.54, 1.807) is 6.20 Å². The van der Waals surface area contributed by atoms with Crippen molar-refractivity contribution in [2.24, 2.45) is 0 Å². The lowest BCUT2D eigenvalue weighted by molar-refractivity contribution is 0.491. The summed E-state index contributed by atoms with van der Waals surface area (Å²) >= 11 is 0. The van der Waals surface area contributed by atoms with Crippen LogP contribution in [0.2, 0.25) is 0 Å². The molecule has 0 bridgehead atoms. The average Bonchev–Trinajstić information content (AvgIpc) is 3.23. The lowest BCUT2D eigenvalue weighted by Gasteiger charge is -2.33. The van der Waals surface area contributed by atoms with Gasteiger partial charge in [0.15, 0.2) is 5.82 Å². The Bertz CT molecular complexity index is 815. The molecule has 25 heavy (non-hydrogen) atoms. The smallest absolute Gasteiger partial charge is 0.180 e. The molecular formula is C19H22N6. The fourth-order valence-corrected chi connectivity index (χ4v) is 3.34. The highest BCUT2D eigenvalue weighted by Crippen LogP contribution is 2.28. The van der Waals surface area contributed by atoms with Crippen molar-refractivity contribution in [1.82, 2.24) is 24.9 Å². The van der Waals surface area contributed by atoms with E-state index in [1.807, 2.05) is 30.6 Å². The first-order valence-electron chi connectivity index (χ1n) is 8.87. The van der Waals surface area contributed by atoms with Gasteiger partial charge in [0.2, 0.25) is 0 Å². The Hall–Kier alpha value is -2.76. The first-order valence-corrected chi connectivity index (χ1v) is 8.87. The first-order chi connectivity index (χ1) is 12.3. The van der Waals surface area contributed by atoms with Gasteiger partial charge in [0.1, 0.15) is 17.3 Å². The van der Waals surface area contributed by atoms with Gasteiger partial charge in [-0.05, 0) is 31.4 Å². The second-order valence-electron chi connectivity index (χ2n) is 6.37. The number of nitrogens with one attached hydrogen (secondary N) is 1. The Labute approximate surface area is 147 Å². The molecule has 0 amide bonds. The molecule has 0 aliphatic carbocycles. The van der Waals surface area contributed by atoms with Crippen LogP contribution >= 0.6 is 0 Å². The zero-order valence-corrected chi connectivity index (χ0v) is 14.4. The van der Waals surface area contributed by atoms with Gasteiger partial charge in [0.25, 0.3) is 0 Å². The van der Waals surface area contributed by atoms with Crippen LogP contribution < -0.4 is 4.90 Å². The normalized spacial score (nSPS) is 17.6. The van der Waals surface area contributed by atoms with Crippen molar-refractivity contribution in [3.05, 3.63) is 54.4 Å². The largest absolute Gasteiger partial charge is 0.356 e. The molecule has 6 nitrogen and oxygen atoms in total. The maximum Gasteiger partial charge on any atom is 0.180 e. The number of anilines is 1. The third kappa shape index (κ3) is 3.38. The Morgan fingerprint density at radius 1 is 1.20 bits per heavy atom. The molecular weight excluding hydrogens is 312 g/mol. The molecule has 0 radical (unpaired) electrons. The highest BCUT2D eigenvalue weighted by Gasteiger charge is 2.24. The van der Waals surface area contributed by atoms with Crippen molar-refractivity contribution in [3.63, 3.8) is 0 Å². The van der Waals surface area contributed by atoms with Crippen LogP contribution in [-0.4, -0.2) is 38.0 Å². The minimum Gasteiger partial charge on any atom is -0.356 e. The van der Waals surface area contributed by atoms with E-state index >= 15 is 0 Å². The third-order valence-electron chi connectivity index (χ3n) is 4.67. The second-order valence-corrected chi connectivity index (χ2v) is 6.37. The zero-order chi connectivity index (χ0) is 17.1. The van der Waals surface area contributed by atoms with E-state index in [4.69, 9.17) is 4.98 Å². The molecule has 0 aromatic carbocycles. The standard InChI is InChI=1S/C19H22N6/c1-2-15-12-17(24-19(23-15)16-7-3-4-8-20-16)25-11-5-6-14(13-25)18-21-9-10-22-18/h3-4,7-10,12,14H,2,5-6,11,13H2,1H3,(H,21,22). The lowest BCUT2D eigenvalue weighted by Crippen LogP contribution is -2.35. The summed E-state index contributed by atoms with van der Waals surface area (Å²) in [5, 5.41) is 0. The number of nitrogens with zero attached hydrogens (tertiary/aromatic N) is 5. The van der Waals surface area contributed by atoms with E-state index < -0.39 is 0 Å². The van der Waals surface area contributed by atoms with E-state index in [2.05, 4.69) is 37.8 Å². The van der Waals surface area contributed by atoms with Crippen LogP contribution in [0.4, 0.5) is 5.82 Å². The van der Waals surface area contributed by atoms with Crippen LogP contribution in [0.1, 0.15) is 37.2 Å². The monoisotopic (exact) mass is 334 g/mol. The molecule has 1 atom stereocenters. The Kier molecular flexibility index (Phi) is 4.41. The molecule has 3 aromatic rings. The van der Waals surface area contributed by atoms with Crippen molar-refractivity contribution in [2.75, 3.05) is 18.0 Å². The van der Waals surface area contributed by atoms with E-state index in [0.717, 1.165) is 55.4 Å². The number of piperidine rings is 1. The van der Waals surface area contributed by atoms with Crippen LogP contribution in [0, 0.1) is 0 Å². The SMILES string of the molecule is CCc1cc(N2CCCC(c3ncc[nH]3)C2)nc(-c2ccccn2)n1. The molecule has 0 saturated carbocycles. The summed E-state index contributed by atoms with van der Waals surface area (Å²) in [5.41, 5.74) is 1.87. The van der Waals surface area contributed by atoms with Crippen LogP contribution in [0.3, 0.4) is 0 Å².